The van der Waals surface area contributed by atoms with Gasteiger partial charge < -0.3 is 14.6 Å². The van der Waals surface area contributed by atoms with E-state index < -0.39 is 18.5 Å². The minimum atomic E-state index is -1.05. The molecule has 158 valence electrons. The minimum Gasteiger partial charge on any atom is -0.488 e. The van der Waals surface area contributed by atoms with E-state index in [0.29, 0.717) is 34.3 Å². The van der Waals surface area contributed by atoms with Crippen LogP contribution in [0, 0.1) is 0 Å². The Morgan fingerprint density at radius 3 is 2.39 bits per heavy atom. The molecule has 0 aliphatic heterocycles. The zero-order valence-corrected chi connectivity index (χ0v) is 17.1. The van der Waals surface area contributed by atoms with Crippen LogP contribution in [-0.2, 0) is 11.4 Å². The van der Waals surface area contributed by atoms with E-state index in [9.17, 15) is 9.59 Å². The van der Waals surface area contributed by atoms with Gasteiger partial charge in [0.25, 0.3) is 5.91 Å². The molecule has 0 spiro atoms. The number of carbonyl (C=O) groups is 2. The fourth-order valence-electron chi connectivity index (χ4n) is 2.54. The lowest BCUT2D eigenvalue weighted by Gasteiger charge is -2.10. The molecule has 31 heavy (non-hydrogen) atoms. The number of nitrogens with zero attached hydrogens (tertiary/aromatic N) is 1. The molecule has 0 radical (unpaired) electrons. The van der Waals surface area contributed by atoms with Crippen molar-refractivity contribution >= 4 is 29.7 Å². The summed E-state index contributed by atoms with van der Waals surface area (Å²) in [6, 6.07) is 20.8. The Morgan fingerprint density at radius 2 is 1.68 bits per heavy atom. The number of nitrogens with one attached hydrogen (secondary N) is 1. The molecule has 8 heteroatoms. The van der Waals surface area contributed by atoms with Gasteiger partial charge in [0, 0.05) is 5.02 Å². The summed E-state index contributed by atoms with van der Waals surface area (Å²) >= 11 is 5.89. The third-order valence-electron chi connectivity index (χ3n) is 4.06. The largest absolute Gasteiger partial charge is 0.488 e. The van der Waals surface area contributed by atoms with Crippen LogP contribution in [-0.4, -0.2) is 29.8 Å². The first kappa shape index (κ1) is 21.9. The quantitative estimate of drug-likeness (QED) is 0.386. The van der Waals surface area contributed by atoms with Gasteiger partial charge in [0.1, 0.15) is 18.1 Å². The van der Waals surface area contributed by atoms with Gasteiger partial charge >= 0.3 is 5.97 Å². The molecule has 0 aromatic heterocycles. The number of hydrogen-bond acceptors (Lipinski definition) is 5. The smallest absolute Gasteiger partial charge is 0.341 e. The number of amides is 1. The second-order valence-electron chi connectivity index (χ2n) is 6.36. The molecular weight excluding hydrogens is 420 g/mol. The van der Waals surface area contributed by atoms with E-state index in [-0.39, 0.29) is 0 Å². The molecule has 3 aromatic carbocycles. The molecule has 0 heterocycles. The van der Waals surface area contributed by atoms with E-state index in [1.54, 1.807) is 60.7 Å². The maximum Gasteiger partial charge on any atom is 0.341 e. The van der Waals surface area contributed by atoms with Crippen LogP contribution in [0.15, 0.2) is 77.9 Å². The first-order chi connectivity index (χ1) is 15.0. The van der Waals surface area contributed by atoms with Gasteiger partial charge in [0.2, 0.25) is 0 Å². The summed E-state index contributed by atoms with van der Waals surface area (Å²) in [6.07, 6.45) is 1.47. The molecule has 0 unspecified atom stereocenters. The predicted molar refractivity (Wildman–Crippen MR) is 117 cm³/mol. The van der Waals surface area contributed by atoms with Gasteiger partial charge in [-0.3, -0.25) is 4.79 Å². The van der Waals surface area contributed by atoms with Crippen LogP contribution in [0.25, 0.3) is 0 Å². The summed E-state index contributed by atoms with van der Waals surface area (Å²) < 4.78 is 10.9. The average Bonchev–Trinajstić information content (AvgIpc) is 2.78. The number of halogens is 1. The number of para-hydroxylation sites is 1. The SMILES string of the molecule is O=C(O)COc1ccc(/C=N/NC(=O)c2ccccc2OCc2ccc(Cl)cc2)cc1. The standard InChI is InChI=1S/C23H19ClN2O5/c24-18-9-5-17(6-10-18)14-31-21-4-2-1-3-20(21)23(29)26-25-13-16-7-11-19(12-8-16)30-15-22(27)28/h1-13H,14-15H2,(H,26,29)(H,27,28)/b25-13+. The fourth-order valence-corrected chi connectivity index (χ4v) is 2.67. The van der Waals surface area contributed by atoms with Gasteiger partial charge in [-0.2, -0.15) is 5.10 Å². The van der Waals surface area contributed by atoms with Gasteiger partial charge in [0.15, 0.2) is 6.61 Å². The fraction of sp³-hybridized carbons (Fsp3) is 0.0870. The van der Waals surface area contributed by atoms with Crippen molar-refractivity contribution in [3.8, 4) is 11.5 Å². The number of hydrazone groups is 1. The second kappa shape index (κ2) is 10.8. The highest BCUT2D eigenvalue weighted by Crippen LogP contribution is 2.20. The molecule has 0 fully saturated rings. The number of hydrogen-bond donors (Lipinski definition) is 2. The highest BCUT2D eigenvalue weighted by Gasteiger charge is 2.11. The first-order valence-electron chi connectivity index (χ1n) is 9.25. The number of carbonyl (C=O) groups excluding carboxylic acids is 1. The van der Waals surface area contributed by atoms with Crippen molar-refractivity contribution < 1.29 is 24.2 Å². The number of benzene rings is 3. The number of carboxylic acids is 1. The lowest BCUT2D eigenvalue weighted by Crippen LogP contribution is -2.18. The summed E-state index contributed by atoms with van der Waals surface area (Å²) in [5, 5.41) is 13.2. The Hall–Kier alpha value is -3.84. The summed E-state index contributed by atoms with van der Waals surface area (Å²) in [7, 11) is 0. The van der Waals surface area contributed by atoms with E-state index in [2.05, 4.69) is 10.5 Å². The van der Waals surface area contributed by atoms with Crippen LogP contribution >= 0.6 is 11.6 Å². The van der Waals surface area contributed by atoms with Gasteiger partial charge in [-0.15, -0.1) is 0 Å². The lowest BCUT2D eigenvalue weighted by molar-refractivity contribution is -0.139. The van der Waals surface area contributed by atoms with Gasteiger partial charge in [-0.05, 0) is 59.7 Å². The van der Waals surface area contributed by atoms with Crippen molar-refractivity contribution in [2.24, 2.45) is 5.10 Å². The minimum absolute atomic E-state index is 0.293. The van der Waals surface area contributed by atoms with Crippen molar-refractivity contribution in [2.75, 3.05) is 6.61 Å². The highest BCUT2D eigenvalue weighted by atomic mass is 35.5. The van der Waals surface area contributed by atoms with Crippen LogP contribution in [0.2, 0.25) is 5.02 Å². The van der Waals surface area contributed by atoms with E-state index in [1.807, 2.05) is 12.1 Å². The third-order valence-corrected chi connectivity index (χ3v) is 4.31. The molecule has 3 rings (SSSR count). The van der Waals surface area contributed by atoms with Crippen molar-refractivity contribution in [3.05, 3.63) is 94.5 Å². The number of ether oxygens (including phenoxy) is 2. The second-order valence-corrected chi connectivity index (χ2v) is 6.80. The van der Waals surface area contributed by atoms with E-state index in [1.165, 1.54) is 6.21 Å². The lowest BCUT2D eigenvalue weighted by atomic mass is 10.2. The van der Waals surface area contributed by atoms with Crippen LogP contribution in [0.5, 0.6) is 11.5 Å². The van der Waals surface area contributed by atoms with Crippen molar-refractivity contribution in [1.29, 1.82) is 0 Å². The first-order valence-corrected chi connectivity index (χ1v) is 9.63. The van der Waals surface area contributed by atoms with Crippen LogP contribution in [0.1, 0.15) is 21.5 Å². The van der Waals surface area contributed by atoms with Crippen molar-refractivity contribution in [2.45, 2.75) is 6.61 Å². The predicted octanol–water partition coefficient (Wildman–Crippen LogP) is 4.15. The molecule has 0 atom stereocenters. The summed E-state index contributed by atoms with van der Waals surface area (Å²) in [4.78, 5) is 23.0. The van der Waals surface area contributed by atoms with Crippen molar-refractivity contribution in [1.82, 2.24) is 5.43 Å². The third kappa shape index (κ3) is 6.87. The Morgan fingerprint density at radius 1 is 0.968 bits per heavy atom. The Balaban J connectivity index is 1.57. The average molecular weight is 439 g/mol. The van der Waals surface area contributed by atoms with Gasteiger partial charge in [-0.25, -0.2) is 10.2 Å². The Bertz CT molecular complexity index is 1070. The maximum absolute atomic E-state index is 12.5. The van der Waals surface area contributed by atoms with Crippen LogP contribution in [0.4, 0.5) is 0 Å². The van der Waals surface area contributed by atoms with Gasteiger partial charge in [-0.1, -0.05) is 35.9 Å². The van der Waals surface area contributed by atoms with Crippen LogP contribution in [0.3, 0.4) is 0 Å². The van der Waals surface area contributed by atoms with Crippen LogP contribution < -0.4 is 14.9 Å². The zero-order valence-electron chi connectivity index (χ0n) is 16.3. The molecular formula is C23H19ClN2O5. The normalized spacial score (nSPS) is 10.6. The van der Waals surface area contributed by atoms with E-state index in [0.717, 1.165) is 5.56 Å². The molecule has 7 nitrogen and oxygen atoms in total. The molecule has 1 amide bonds. The topological polar surface area (TPSA) is 97.2 Å². The summed E-state index contributed by atoms with van der Waals surface area (Å²) in [5.41, 5.74) is 4.45. The highest BCUT2D eigenvalue weighted by molar-refractivity contribution is 6.30. The molecule has 0 saturated heterocycles. The van der Waals surface area contributed by atoms with Gasteiger partial charge in [0.05, 0.1) is 11.8 Å². The number of aliphatic carboxylic acids is 1. The Labute approximate surface area is 183 Å². The van der Waals surface area contributed by atoms with E-state index in [4.69, 9.17) is 26.2 Å². The van der Waals surface area contributed by atoms with E-state index >= 15 is 0 Å². The summed E-state index contributed by atoms with van der Waals surface area (Å²) in [5.74, 6) is -0.601. The summed E-state index contributed by atoms with van der Waals surface area (Å²) in [6.45, 7) is -0.121. The van der Waals surface area contributed by atoms with Crippen molar-refractivity contribution in [3.63, 3.8) is 0 Å². The number of carboxylic acid groups (broad SMARTS) is 1. The monoisotopic (exact) mass is 438 g/mol. The molecule has 3 aromatic rings. The molecule has 0 saturated carbocycles. The zero-order chi connectivity index (χ0) is 22.1. The molecule has 2 N–H and O–H groups in total. The molecule has 0 aliphatic carbocycles. The Kier molecular flexibility index (Phi) is 7.61. The molecule has 0 bridgehead atoms. The molecule has 0 aliphatic rings. The maximum atomic E-state index is 12.5. The number of rotatable bonds is 9.